The van der Waals surface area contributed by atoms with Gasteiger partial charge < -0.3 is 5.32 Å². The Balaban J connectivity index is 1.45. The molecule has 7 heteroatoms. The maximum absolute atomic E-state index is 12.2. The zero-order valence-corrected chi connectivity index (χ0v) is 13.3. The second kappa shape index (κ2) is 6.77. The lowest BCUT2D eigenvalue weighted by atomic mass is 9.95. The Morgan fingerprint density at radius 1 is 1.33 bits per heavy atom. The molecule has 3 rings (SSSR count). The lowest BCUT2D eigenvalue weighted by Gasteiger charge is -2.24. The number of thioether (sulfide) groups is 1. The molecule has 0 spiro atoms. The van der Waals surface area contributed by atoms with Gasteiger partial charge in [-0.1, -0.05) is 19.3 Å². The van der Waals surface area contributed by atoms with Gasteiger partial charge in [0.15, 0.2) is 5.82 Å². The third-order valence-electron chi connectivity index (χ3n) is 4.24. The molecule has 0 bridgehead atoms. The molecule has 1 atom stereocenters. The van der Waals surface area contributed by atoms with Crippen molar-refractivity contribution in [3.05, 3.63) is 5.82 Å². The molecule has 0 aromatic carbocycles. The molecule has 21 heavy (non-hydrogen) atoms. The number of carbonyl (C=O) groups is 1. The summed E-state index contributed by atoms with van der Waals surface area (Å²) in [5.41, 5.74) is 0. The van der Waals surface area contributed by atoms with E-state index >= 15 is 0 Å². The summed E-state index contributed by atoms with van der Waals surface area (Å²) in [4.78, 5) is 12.2. The summed E-state index contributed by atoms with van der Waals surface area (Å²) in [5.74, 6) is 1.74. The van der Waals surface area contributed by atoms with Crippen LogP contribution in [0.15, 0.2) is 0 Å². The van der Waals surface area contributed by atoms with Crippen molar-refractivity contribution < 1.29 is 4.79 Å². The minimum absolute atomic E-state index is 0.0590. The van der Waals surface area contributed by atoms with Gasteiger partial charge in [0.05, 0.1) is 17.0 Å². The van der Waals surface area contributed by atoms with Gasteiger partial charge in [0.25, 0.3) is 0 Å². The van der Waals surface area contributed by atoms with Crippen molar-refractivity contribution in [1.29, 1.82) is 0 Å². The molecule has 1 aromatic rings. The summed E-state index contributed by atoms with van der Waals surface area (Å²) in [5, 5.41) is 15.0. The summed E-state index contributed by atoms with van der Waals surface area (Å²) < 4.78 is 1.92. The van der Waals surface area contributed by atoms with Crippen LogP contribution in [0.2, 0.25) is 0 Å². The Hall–Kier alpha value is -1.11. The highest BCUT2D eigenvalue weighted by Gasteiger charge is 2.28. The minimum Gasteiger partial charge on any atom is -0.352 e. The van der Waals surface area contributed by atoms with Crippen LogP contribution in [0.3, 0.4) is 0 Å². The number of nitrogens with zero attached hydrogens (tertiary/aromatic N) is 4. The Labute approximate surface area is 129 Å². The molecule has 1 amide bonds. The van der Waals surface area contributed by atoms with Crippen LogP contribution in [0.1, 0.15) is 63.7 Å². The average Bonchev–Trinajstić information content (AvgIpc) is 3.24. The van der Waals surface area contributed by atoms with E-state index in [1.165, 1.54) is 32.1 Å². The zero-order valence-electron chi connectivity index (χ0n) is 12.5. The van der Waals surface area contributed by atoms with Crippen molar-refractivity contribution >= 4 is 17.7 Å². The van der Waals surface area contributed by atoms with Crippen molar-refractivity contribution in [2.75, 3.05) is 0 Å². The molecule has 116 valence electrons. The van der Waals surface area contributed by atoms with Crippen LogP contribution in [0.4, 0.5) is 0 Å². The van der Waals surface area contributed by atoms with Crippen LogP contribution in [-0.4, -0.2) is 37.4 Å². The normalized spacial score (nSPS) is 21.2. The van der Waals surface area contributed by atoms with E-state index in [9.17, 15) is 4.79 Å². The SMILES string of the molecule is C[C@@H](SCc1nnnn1C1CC1)C(=O)NC1CCCCC1. The van der Waals surface area contributed by atoms with E-state index in [4.69, 9.17) is 0 Å². The lowest BCUT2D eigenvalue weighted by Crippen LogP contribution is -2.40. The highest BCUT2D eigenvalue weighted by molar-refractivity contribution is 7.99. The molecule has 0 unspecified atom stereocenters. The van der Waals surface area contributed by atoms with Crippen molar-refractivity contribution in [2.24, 2.45) is 0 Å². The number of aromatic nitrogens is 4. The third-order valence-corrected chi connectivity index (χ3v) is 5.38. The molecule has 0 radical (unpaired) electrons. The van der Waals surface area contributed by atoms with Gasteiger partial charge in [0.2, 0.25) is 5.91 Å². The second-order valence-corrected chi connectivity index (χ2v) is 7.40. The van der Waals surface area contributed by atoms with Crippen molar-refractivity contribution in [3.8, 4) is 0 Å². The Bertz CT molecular complexity index is 481. The summed E-state index contributed by atoms with van der Waals surface area (Å²) >= 11 is 1.61. The molecule has 1 heterocycles. The Morgan fingerprint density at radius 3 is 2.81 bits per heavy atom. The van der Waals surface area contributed by atoms with Gasteiger partial charge in [-0.15, -0.1) is 16.9 Å². The van der Waals surface area contributed by atoms with Crippen molar-refractivity contribution in [2.45, 2.75) is 75.0 Å². The molecule has 0 aliphatic heterocycles. The van der Waals surface area contributed by atoms with Crippen LogP contribution in [0.5, 0.6) is 0 Å². The van der Waals surface area contributed by atoms with Gasteiger partial charge in [-0.2, -0.15) is 0 Å². The number of hydrogen-bond donors (Lipinski definition) is 1. The molecule has 2 aliphatic rings. The van der Waals surface area contributed by atoms with Crippen molar-refractivity contribution in [1.82, 2.24) is 25.5 Å². The highest BCUT2D eigenvalue weighted by Crippen LogP contribution is 2.35. The van der Waals surface area contributed by atoms with Gasteiger partial charge in [0, 0.05) is 6.04 Å². The number of amides is 1. The van der Waals surface area contributed by atoms with Gasteiger partial charge in [-0.3, -0.25) is 4.79 Å². The fourth-order valence-electron chi connectivity index (χ4n) is 2.75. The second-order valence-electron chi connectivity index (χ2n) is 6.07. The van der Waals surface area contributed by atoms with Gasteiger partial charge in [-0.25, -0.2) is 4.68 Å². The Kier molecular flexibility index (Phi) is 4.77. The smallest absolute Gasteiger partial charge is 0.233 e. The lowest BCUT2D eigenvalue weighted by molar-refractivity contribution is -0.121. The van der Waals surface area contributed by atoms with E-state index in [0.29, 0.717) is 17.8 Å². The molecule has 2 fully saturated rings. The minimum atomic E-state index is -0.0590. The fourth-order valence-corrected chi connectivity index (χ4v) is 3.56. The first-order valence-corrected chi connectivity index (χ1v) is 8.97. The first-order valence-electron chi connectivity index (χ1n) is 7.93. The first-order chi connectivity index (χ1) is 10.2. The standard InChI is InChI=1S/C14H23N5OS/c1-10(14(20)15-11-5-3-2-4-6-11)21-9-13-16-17-18-19(13)12-7-8-12/h10-12H,2-9H2,1H3,(H,15,20)/t10-/m1/s1. The van der Waals surface area contributed by atoms with Crippen LogP contribution in [0.25, 0.3) is 0 Å². The molecule has 6 nitrogen and oxygen atoms in total. The van der Waals surface area contributed by atoms with E-state index in [1.807, 2.05) is 11.6 Å². The monoisotopic (exact) mass is 309 g/mol. The molecule has 2 aliphatic carbocycles. The summed E-state index contributed by atoms with van der Waals surface area (Å²) in [7, 11) is 0. The average molecular weight is 309 g/mol. The number of carbonyl (C=O) groups excluding carboxylic acids is 1. The number of tetrazole rings is 1. The number of rotatable bonds is 6. The first kappa shape index (κ1) is 14.8. The van der Waals surface area contributed by atoms with E-state index in [-0.39, 0.29) is 11.2 Å². The maximum atomic E-state index is 12.2. The summed E-state index contributed by atoms with van der Waals surface area (Å²) in [6, 6.07) is 0.869. The Morgan fingerprint density at radius 2 is 2.10 bits per heavy atom. The van der Waals surface area contributed by atoms with Crippen LogP contribution in [-0.2, 0) is 10.5 Å². The molecule has 1 aromatic heterocycles. The van der Waals surface area contributed by atoms with Crippen LogP contribution in [0, 0.1) is 0 Å². The summed E-state index contributed by atoms with van der Waals surface area (Å²) in [6.07, 6.45) is 8.37. The molecular formula is C14H23N5OS. The topological polar surface area (TPSA) is 72.7 Å². The van der Waals surface area contributed by atoms with Gasteiger partial charge >= 0.3 is 0 Å². The molecular weight excluding hydrogens is 286 g/mol. The molecule has 1 N–H and O–H groups in total. The molecule has 0 saturated heterocycles. The number of hydrogen-bond acceptors (Lipinski definition) is 5. The summed E-state index contributed by atoms with van der Waals surface area (Å²) in [6.45, 7) is 1.97. The molecule has 2 saturated carbocycles. The van der Waals surface area contributed by atoms with E-state index in [1.54, 1.807) is 11.8 Å². The van der Waals surface area contributed by atoms with Crippen LogP contribution >= 0.6 is 11.8 Å². The predicted octanol–water partition coefficient (Wildman–Crippen LogP) is 2.08. The largest absolute Gasteiger partial charge is 0.352 e. The van der Waals surface area contributed by atoms with Gasteiger partial charge in [-0.05, 0) is 43.0 Å². The third kappa shape index (κ3) is 3.96. The fraction of sp³-hybridized carbons (Fsp3) is 0.857. The van der Waals surface area contributed by atoms with Gasteiger partial charge in [0.1, 0.15) is 0 Å². The number of nitrogens with one attached hydrogen (secondary N) is 1. The quantitative estimate of drug-likeness (QED) is 0.871. The highest BCUT2D eigenvalue weighted by atomic mass is 32.2. The van der Waals surface area contributed by atoms with E-state index < -0.39 is 0 Å². The predicted molar refractivity (Wildman–Crippen MR) is 81.9 cm³/mol. The zero-order chi connectivity index (χ0) is 14.7. The van der Waals surface area contributed by atoms with E-state index in [2.05, 4.69) is 20.8 Å². The van der Waals surface area contributed by atoms with Crippen molar-refractivity contribution in [3.63, 3.8) is 0 Å². The maximum Gasteiger partial charge on any atom is 0.233 e. The van der Waals surface area contributed by atoms with E-state index in [0.717, 1.165) is 18.7 Å². The van der Waals surface area contributed by atoms with Crippen LogP contribution < -0.4 is 5.32 Å².